The molecule has 0 atom stereocenters. The van der Waals surface area contributed by atoms with E-state index in [9.17, 15) is 13.2 Å². The Hall–Kier alpha value is -2.71. The predicted molar refractivity (Wildman–Crippen MR) is 119 cm³/mol. The molecule has 1 aliphatic carbocycles. The van der Waals surface area contributed by atoms with E-state index in [1.165, 1.54) is 12.1 Å². The van der Waals surface area contributed by atoms with Gasteiger partial charge in [-0.15, -0.1) is 0 Å². The van der Waals surface area contributed by atoms with E-state index >= 15 is 0 Å². The lowest BCUT2D eigenvalue weighted by atomic mass is 9.96. The normalized spacial score (nSPS) is 15.3. The molecule has 0 aliphatic heterocycles. The smallest absolute Gasteiger partial charge is 0.240 e. The molecule has 0 spiro atoms. The Balaban J connectivity index is 1.41. The van der Waals surface area contributed by atoms with Gasteiger partial charge in [0.15, 0.2) is 5.58 Å². The van der Waals surface area contributed by atoms with Crippen LogP contribution in [0, 0.1) is 13.8 Å². The third kappa shape index (κ3) is 4.97. The minimum Gasteiger partial charge on any atom is -0.356 e. The topological polar surface area (TPSA) is 101 Å². The Kier molecular flexibility index (Phi) is 6.11. The number of amides is 1. The van der Waals surface area contributed by atoms with E-state index in [2.05, 4.69) is 15.2 Å². The van der Waals surface area contributed by atoms with Gasteiger partial charge in [0, 0.05) is 17.1 Å². The number of nitrogens with one attached hydrogen (secondary N) is 2. The van der Waals surface area contributed by atoms with Crippen molar-refractivity contribution in [2.24, 2.45) is 0 Å². The molecule has 3 aromatic rings. The van der Waals surface area contributed by atoms with Crippen LogP contribution in [0.3, 0.4) is 0 Å². The third-order valence-corrected chi connectivity index (χ3v) is 7.22. The first-order valence-corrected chi connectivity index (χ1v) is 12.1. The number of benzene rings is 2. The molecule has 2 aromatic carbocycles. The van der Waals surface area contributed by atoms with Crippen LogP contribution >= 0.6 is 0 Å². The van der Waals surface area contributed by atoms with Gasteiger partial charge in [0.2, 0.25) is 15.9 Å². The maximum atomic E-state index is 12.6. The Bertz CT molecular complexity index is 1190. The number of hydrogen-bond acceptors (Lipinski definition) is 5. The maximum Gasteiger partial charge on any atom is 0.240 e. The highest BCUT2D eigenvalue weighted by molar-refractivity contribution is 7.89. The molecule has 4 rings (SSSR count). The first-order valence-electron chi connectivity index (χ1n) is 10.6. The molecule has 0 unspecified atom stereocenters. The second-order valence-corrected chi connectivity index (χ2v) is 10.0. The van der Waals surface area contributed by atoms with E-state index in [1.54, 1.807) is 12.1 Å². The number of aromatic nitrogens is 1. The SMILES string of the molecule is Cc1cc(C)c2onc(CC(=O)Nc3ccc(S(=O)(=O)NC4CCCCC4)cc3)c2c1. The Labute approximate surface area is 182 Å². The quantitative estimate of drug-likeness (QED) is 0.596. The van der Waals surface area contributed by atoms with Crippen molar-refractivity contribution in [3.63, 3.8) is 0 Å². The number of hydrogen-bond donors (Lipinski definition) is 2. The van der Waals surface area contributed by atoms with Crippen LogP contribution in [0.4, 0.5) is 5.69 Å². The summed E-state index contributed by atoms with van der Waals surface area (Å²) >= 11 is 0. The van der Waals surface area contributed by atoms with Crippen LogP contribution in [0.1, 0.15) is 48.9 Å². The first-order chi connectivity index (χ1) is 14.8. The van der Waals surface area contributed by atoms with Gasteiger partial charge in [-0.2, -0.15) is 0 Å². The minimum atomic E-state index is -3.56. The number of carbonyl (C=O) groups excluding carboxylic acids is 1. The van der Waals surface area contributed by atoms with Crippen LogP contribution in [0.2, 0.25) is 0 Å². The van der Waals surface area contributed by atoms with E-state index in [0.29, 0.717) is 17.0 Å². The Morgan fingerprint density at radius 3 is 2.52 bits per heavy atom. The Morgan fingerprint density at radius 1 is 1.10 bits per heavy atom. The third-order valence-electron chi connectivity index (χ3n) is 5.68. The molecule has 1 saturated carbocycles. The molecular weight excluding hydrogens is 414 g/mol. The fourth-order valence-electron chi connectivity index (χ4n) is 4.15. The number of anilines is 1. The molecule has 1 aliphatic rings. The lowest BCUT2D eigenvalue weighted by Crippen LogP contribution is -2.36. The number of nitrogens with zero attached hydrogens (tertiary/aromatic N) is 1. The first kappa shape index (κ1) is 21.5. The fraction of sp³-hybridized carbons (Fsp3) is 0.391. The van der Waals surface area contributed by atoms with Gasteiger partial charge < -0.3 is 9.84 Å². The van der Waals surface area contributed by atoms with Gasteiger partial charge in [-0.25, -0.2) is 13.1 Å². The van der Waals surface area contributed by atoms with Crippen LogP contribution in [0.25, 0.3) is 11.0 Å². The monoisotopic (exact) mass is 441 g/mol. The van der Waals surface area contributed by atoms with Gasteiger partial charge >= 0.3 is 0 Å². The average Bonchev–Trinajstić information content (AvgIpc) is 3.11. The summed E-state index contributed by atoms with van der Waals surface area (Å²) in [6.45, 7) is 3.94. The number of fused-ring (bicyclic) bond motifs is 1. The Morgan fingerprint density at radius 2 is 1.81 bits per heavy atom. The second-order valence-electron chi connectivity index (χ2n) is 8.29. The van der Waals surface area contributed by atoms with Gasteiger partial charge in [-0.05, 0) is 68.1 Å². The molecule has 1 amide bonds. The number of carbonyl (C=O) groups is 1. The standard InChI is InChI=1S/C23H27N3O4S/c1-15-12-16(2)23-20(13-15)21(25-30-23)14-22(27)24-17-8-10-19(11-9-17)31(28,29)26-18-6-4-3-5-7-18/h8-13,18,26H,3-7,14H2,1-2H3,(H,24,27). The summed E-state index contributed by atoms with van der Waals surface area (Å²) in [5, 5.41) is 7.69. The molecule has 0 saturated heterocycles. The zero-order chi connectivity index (χ0) is 22.0. The van der Waals surface area contributed by atoms with E-state index in [-0.39, 0.29) is 23.3 Å². The van der Waals surface area contributed by atoms with Crippen molar-refractivity contribution in [3.05, 3.63) is 53.2 Å². The fourth-order valence-corrected chi connectivity index (χ4v) is 5.45. The molecule has 8 heteroatoms. The summed E-state index contributed by atoms with van der Waals surface area (Å²) in [7, 11) is -3.56. The number of aryl methyl sites for hydroxylation is 2. The highest BCUT2D eigenvalue weighted by Crippen LogP contribution is 2.25. The summed E-state index contributed by atoms with van der Waals surface area (Å²) in [4.78, 5) is 12.7. The lowest BCUT2D eigenvalue weighted by molar-refractivity contribution is -0.115. The molecular formula is C23H27N3O4S. The summed E-state index contributed by atoms with van der Waals surface area (Å²) in [5.74, 6) is -0.245. The number of sulfonamides is 1. The van der Waals surface area contributed by atoms with Gasteiger partial charge in [0.1, 0.15) is 5.69 Å². The van der Waals surface area contributed by atoms with Gasteiger partial charge in [-0.1, -0.05) is 30.5 Å². The second kappa shape index (κ2) is 8.80. The predicted octanol–water partition coefficient (Wildman–Crippen LogP) is 4.24. The molecule has 31 heavy (non-hydrogen) atoms. The molecule has 0 bridgehead atoms. The average molecular weight is 442 g/mol. The molecule has 2 N–H and O–H groups in total. The summed E-state index contributed by atoms with van der Waals surface area (Å²) in [6, 6.07) is 10.2. The van der Waals surface area contributed by atoms with Crippen LogP contribution < -0.4 is 10.0 Å². The zero-order valence-corrected chi connectivity index (χ0v) is 18.6. The largest absolute Gasteiger partial charge is 0.356 e. The van der Waals surface area contributed by atoms with Gasteiger partial charge in [-0.3, -0.25) is 4.79 Å². The molecule has 1 fully saturated rings. The van der Waals surface area contributed by atoms with Crippen molar-refractivity contribution in [2.45, 2.75) is 63.3 Å². The van der Waals surface area contributed by atoms with Crippen LogP contribution in [-0.4, -0.2) is 25.5 Å². The molecule has 164 valence electrons. The van der Waals surface area contributed by atoms with Gasteiger partial charge in [0.05, 0.1) is 11.3 Å². The molecule has 1 aromatic heterocycles. The molecule has 1 heterocycles. The van der Waals surface area contributed by atoms with Crippen molar-refractivity contribution < 1.29 is 17.7 Å². The van der Waals surface area contributed by atoms with Crippen molar-refractivity contribution in [2.75, 3.05) is 5.32 Å². The molecule has 7 nitrogen and oxygen atoms in total. The zero-order valence-electron chi connectivity index (χ0n) is 17.8. The van der Waals surface area contributed by atoms with Crippen molar-refractivity contribution in [1.29, 1.82) is 0 Å². The van der Waals surface area contributed by atoms with Crippen LogP contribution in [0.5, 0.6) is 0 Å². The van der Waals surface area contributed by atoms with E-state index in [4.69, 9.17) is 4.52 Å². The highest BCUT2D eigenvalue weighted by Gasteiger charge is 2.22. The maximum absolute atomic E-state index is 12.6. The highest BCUT2D eigenvalue weighted by atomic mass is 32.2. The van der Waals surface area contributed by atoms with E-state index < -0.39 is 10.0 Å². The van der Waals surface area contributed by atoms with Crippen molar-refractivity contribution in [1.82, 2.24) is 9.88 Å². The summed E-state index contributed by atoms with van der Waals surface area (Å²) in [6.07, 6.45) is 5.09. The van der Waals surface area contributed by atoms with Crippen molar-refractivity contribution in [3.8, 4) is 0 Å². The van der Waals surface area contributed by atoms with Gasteiger partial charge in [0.25, 0.3) is 0 Å². The summed E-state index contributed by atoms with van der Waals surface area (Å²) < 4.78 is 33.4. The van der Waals surface area contributed by atoms with E-state index in [1.807, 2.05) is 26.0 Å². The van der Waals surface area contributed by atoms with Crippen LogP contribution in [-0.2, 0) is 21.2 Å². The summed E-state index contributed by atoms with van der Waals surface area (Å²) in [5.41, 5.74) is 3.85. The number of rotatable bonds is 6. The van der Waals surface area contributed by atoms with Crippen molar-refractivity contribution >= 4 is 32.6 Å². The molecule has 0 radical (unpaired) electrons. The lowest BCUT2D eigenvalue weighted by Gasteiger charge is -2.22. The van der Waals surface area contributed by atoms with Crippen LogP contribution in [0.15, 0.2) is 45.8 Å². The minimum absolute atomic E-state index is 0.00249. The van der Waals surface area contributed by atoms with E-state index in [0.717, 1.165) is 48.6 Å².